The van der Waals surface area contributed by atoms with E-state index in [-0.39, 0.29) is 16.7 Å². The van der Waals surface area contributed by atoms with Crippen LogP contribution in [0.25, 0.3) is 0 Å². The lowest BCUT2D eigenvalue weighted by Gasteiger charge is -2.42. The SMILES string of the molecule is C[C@@]12CC[C@@H]3C[C@]1(C#N)N(C(=O)c1ccc(I)o1)C[C@]32C. The van der Waals surface area contributed by atoms with Gasteiger partial charge in [0.15, 0.2) is 9.53 Å². The number of rotatable bonds is 1. The summed E-state index contributed by atoms with van der Waals surface area (Å²) < 4.78 is 6.19. The quantitative estimate of drug-likeness (QED) is 0.684. The third kappa shape index (κ3) is 1.29. The Morgan fingerprint density at radius 1 is 1.52 bits per heavy atom. The Kier molecular flexibility index (Phi) is 2.49. The number of amides is 1. The molecule has 0 spiro atoms. The fraction of sp³-hybridized carbons (Fsp3) is 0.625. The summed E-state index contributed by atoms with van der Waals surface area (Å²) in [6.07, 6.45) is 3.05. The number of likely N-dealkylation sites (tertiary alicyclic amines) is 1. The number of furan rings is 1. The van der Waals surface area contributed by atoms with Gasteiger partial charge in [0.2, 0.25) is 0 Å². The second kappa shape index (κ2) is 3.83. The highest BCUT2D eigenvalue weighted by molar-refractivity contribution is 14.1. The van der Waals surface area contributed by atoms with Crippen molar-refractivity contribution < 1.29 is 9.21 Å². The molecule has 4 rings (SSSR count). The highest BCUT2D eigenvalue weighted by Crippen LogP contribution is 2.75. The molecule has 0 aromatic carbocycles. The Balaban J connectivity index is 1.80. The molecule has 4 bridgehead atoms. The molecule has 1 saturated heterocycles. The zero-order valence-corrected chi connectivity index (χ0v) is 14.3. The van der Waals surface area contributed by atoms with Crippen LogP contribution in [0.2, 0.25) is 0 Å². The van der Waals surface area contributed by atoms with Crippen LogP contribution in [-0.4, -0.2) is 22.9 Å². The van der Waals surface area contributed by atoms with Crippen molar-refractivity contribution in [3.05, 3.63) is 21.7 Å². The van der Waals surface area contributed by atoms with Crippen molar-refractivity contribution in [1.82, 2.24) is 4.90 Å². The van der Waals surface area contributed by atoms with Crippen LogP contribution in [0.3, 0.4) is 0 Å². The summed E-state index contributed by atoms with van der Waals surface area (Å²) in [5, 5.41) is 9.94. The second-order valence-electron chi connectivity index (χ2n) is 7.16. The summed E-state index contributed by atoms with van der Waals surface area (Å²) in [5.74, 6) is 0.794. The number of piperidine rings is 1. The summed E-state index contributed by atoms with van der Waals surface area (Å²) in [5.41, 5.74) is -0.674. The number of carbonyl (C=O) groups excluding carboxylic acids is 1. The molecule has 1 amide bonds. The van der Waals surface area contributed by atoms with Crippen molar-refractivity contribution in [2.24, 2.45) is 16.7 Å². The number of carbonyl (C=O) groups is 1. The van der Waals surface area contributed by atoms with Gasteiger partial charge in [-0.3, -0.25) is 4.79 Å². The lowest BCUT2D eigenvalue weighted by Crippen LogP contribution is -2.54. The fourth-order valence-electron chi connectivity index (χ4n) is 5.32. The van der Waals surface area contributed by atoms with E-state index < -0.39 is 5.54 Å². The van der Waals surface area contributed by atoms with Gasteiger partial charge in [0, 0.05) is 12.0 Å². The van der Waals surface area contributed by atoms with E-state index in [2.05, 4.69) is 42.5 Å². The van der Waals surface area contributed by atoms with Gasteiger partial charge in [-0.2, -0.15) is 5.26 Å². The summed E-state index contributed by atoms with van der Waals surface area (Å²) in [6.45, 7) is 5.16. The standard InChI is InChI=1S/C16H17IN2O2/c1-14-9-19(13(20)11-3-4-12(17)21-11)16(8-18)7-10(14)5-6-15(14,16)2/h3-4,10H,5-7,9H2,1-2H3/t10-,14-,15+,16-/m1/s1. The fourth-order valence-corrected chi connectivity index (χ4v) is 5.73. The average molecular weight is 396 g/mol. The maximum absolute atomic E-state index is 12.9. The maximum atomic E-state index is 12.9. The number of halogens is 1. The lowest BCUT2D eigenvalue weighted by atomic mass is 9.66. The predicted molar refractivity (Wildman–Crippen MR) is 84.4 cm³/mol. The first-order valence-electron chi connectivity index (χ1n) is 7.36. The minimum atomic E-state index is -0.653. The molecule has 110 valence electrons. The molecule has 4 nitrogen and oxygen atoms in total. The zero-order valence-electron chi connectivity index (χ0n) is 12.1. The molecular weight excluding hydrogens is 379 g/mol. The zero-order chi connectivity index (χ0) is 15.0. The molecule has 1 aromatic rings. The van der Waals surface area contributed by atoms with Crippen LogP contribution in [0.5, 0.6) is 0 Å². The number of nitrogens with zero attached hydrogens (tertiary/aromatic N) is 2. The van der Waals surface area contributed by atoms with E-state index in [0.29, 0.717) is 22.0 Å². The van der Waals surface area contributed by atoms with E-state index in [1.807, 2.05) is 0 Å². The minimum absolute atomic E-state index is 0.0676. The summed E-state index contributed by atoms with van der Waals surface area (Å²) in [7, 11) is 0. The maximum Gasteiger partial charge on any atom is 0.290 e. The van der Waals surface area contributed by atoms with Gasteiger partial charge in [-0.1, -0.05) is 13.8 Å². The molecule has 2 saturated carbocycles. The average Bonchev–Trinajstić information content (AvgIpc) is 3.10. The molecule has 2 aliphatic carbocycles. The lowest BCUT2D eigenvalue weighted by molar-refractivity contribution is 0.0399. The third-order valence-electron chi connectivity index (χ3n) is 6.77. The van der Waals surface area contributed by atoms with Crippen molar-refractivity contribution in [3.63, 3.8) is 0 Å². The van der Waals surface area contributed by atoms with Crippen LogP contribution in [-0.2, 0) is 0 Å². The molecule has 1 aliphatic heterocycles. The van der Waals surface area contributed by atoms with E-state index >= 15 is 0 Å². The van der Waals surface area contributed by atoms with Crippen molar-refractivity contribution in [2.75, 3.05) is 6.54 Å². The van der Waals surface area contributed by atoms with E-state index in [1.54, 1.807) is 17.0 Å². The smallest absolute Gasteiger partial charge is 0.290 e. The van der Waals surface area contributed by atoms with Crippen molar-refractivity contribution in [1.29, 1.82) is 5.26 Å². The van der Waals surface area contributed by atoms with E-state index in [9.17, 15) is 10.1 Å². The molecule has 2 heterocycles. The Morgan fingerprint density at radius 2 is 2.29 bits per heavy atom. The van der Waals surface area contributed by atoms with Crippen LogP contribution < -0.4 is 0 Å². The molecule has 0 radical (unpaired) electrons. The van der Waals surface area contributed by atoms with Gasteiger partial charge in [0.1, 0.15) is 5.54 Å². The molecule has 3 fully saturated rings. The molecule has 0 N–H and O–H groups in total. The normalized spacial score (nSPS) is 43.3. The number of nitriles is 1. The largest absolute Gasteiger partial charge is 0.445 e. The van der Waals surface area contributed by atoms with E-state index in [1.165, 1.54) is 6.42 Å². The number of hydrogen-bond acceptors (Lipinski definition) is 3. The van der Waals surface area contributed by atoms with Crippen molar-refractivity contribution >= 4 is 28.5 Å². The first-order valence-corrected chi connectivity index (χ1v) is 8.44. The molecule has 0 unspecified atom stereocenters. The Morgan fingerprint density at radius 3 is 2.86 bits per heavy atom. The van der Waals surface area contributed by atoms with Crippen LogP contribution in [0.4, 0.5) is 0 Å². The summed E-state index contributed by atoms with van der Waals surface area (Å²) in [6, 6.07) is 6.04. The van der Waals surface area contributed by atoms with Crippen molar-refractivity contribution in [2.45, 2.75) is 38.6 Å². The van der Waals surface area contributed by atoms with Crippen LogP contribution in [0.15, 0.2) is 16.5 Å². The second-order valence-corrected chi connectivity index (χ2v) is 8.22. The molecule has 3 aliphatic rings. The molecular formula is C16H17IN2O2. The first-order chi connectivity index (χ1) is 9.88. The molecule has 1 aromatic heterocycles. The van der Waals surface area contributed by atoms with Crippen molar-refractivity contribution in [3.8, 4) is 6.07 Å². The molecule has 4 atom stereocenters. The van der Waals surface area contributed by atoms with Gasteiger partial charge < -0.3 is 9.32 Å². The van der Waals surface area contributed by atoms with Gasteiger partial charge in [-0.05, 0) is 65.3 Å². The highest BCUT2D eigenvalue weighted by atomic mass is 127. The van der Waals surface area contributed by atoms with Crippen LogP contribution in [0.1, 0.15) is 43.7 Å². The molecule has 5 heteroatoms. The topological polar surface area (TPSA) is 57.2 Å². The van der Waals surface area contributed by atoms with Gasteiger partial charge in [0.25, 0.3) is 5.91 Å². The Labute approximate surface area is 137 Å². The van der Waals surface area contributed by atoms with Gasteiger partial charge in [-0.25, -0.2) is 0 Å². The van der Waals surface area contributed by atoms with Gasteiger partial charge >= 0.3 is 0 Å². The summed E-state index contributed by atoms with van der Waals surface area (Å²) >= 11 is 2.06. The first kappa shape index (κ1) is 13.6. The van der Waals surface area contributed by atoms with Crippen LogP contribution >= 0.6 is 22.6 Å². The third-order valence-corrected chi connectivity index (χ3v) is 7.35. The summed E-state index contributed by atoms with van der Waals surface area (Å²) in [4.78, 5) is 14.7. The van der Waals surface area contributed by atoms with E-state index in [0.717, 1.165) is 12.8 Å². The number of hydrogen-bond donors (Lipinski definition) is 0. The molecule has 21 heavy (non-hydrogen) atoms. The minimum Gasteiger partial charge on any atom is -0.445 e. The monoisotopic (exact) mass is 396 g/mol. The Hall–Kier alpha value is -1.03. The predicted octanol–water partition coefficient (Wildman–Crippen LogP) is 3.43. The van der Waals surface area contributed by atoms with Gasteiger partial charge in [0.05, 0.1) is 6.07 Å². The van der Waals surface area contributed by atoms with E-state index in [4.69, 9.17) is 4.42 Å². The van der Waals surface area contributed by atoms with Crippen LogP contribution in [0, 0.1) is 31.8 Å². The Bertz CT molecular complexity index is 693. The highest BCUT2D eigenvalue weighted by Gasteiger charge is 2.79. The van der Waals surface area contributed by atoms with Gasteiger partial charge in [-0.15, -0.1) is 0 Å².